The smallest absolute Gasteiger partial charge is 0.356 e. The van der Waals surface area contributed by atoms with Crippen LogP contribution in [0, 0.1) is 5.92 Å². The van der Waals surface area contributed by atoms with Crippen molar-refractivity contribution in [1.82, 2.24) is 4.98 Å². The predicted molar refractivity (Wildman–Crippen MR) is 59.9 cm³/mol. The highest BCUT2D eigenvalue weighted by molar-refractivity contribution is 5.40. The van der Waals surface area contributed by atoms with E-state index in [4.69, 9.17) is 0 Å². The third-order valence-corrected chi connectivity index (χ3v) is 3.06. The fourth-order valence-electron chi connectivity index (χ4n) is 2.14. The number of halogens is 3. The molecule has 2 rings (SSSR count). The third kappa shape index (κ3) is 2.90. The van der Waals surface area contributed by atoms with E-state index in [1.807, 2.05) is 4.90 Å². The van der Waals surface area contributed by atoms with Crippen LogP contribution in [0.25, 0.3) is 0 Å². The summed E-state index contributed by atoms with van der Waals surface area (Å²) in [4.78, 5) is 5.96. The lowest BCUT2D eigenvalue weighted by Crippen LogP contribution is -2.34. The van der Waals surface area contributed by atoms with Crippen LogP contribution in [-0.4, -0.2) is 18.1 Å². The van der Waals surface area contributed by atoms with E-state index in [1.165, 1.54) is 12.5 Å². The Bertz CT molecular complexity index is 372. The van der Waals surface area contributed by atoms with Gasteiger partial charge in [-0.05, 0) is 30.9 Å². The van der Waals surface area contributed by atoms with E-state index in [2.05, 4.69) is 11.9 Å². The van der Waals surface area contributed by atoms with Crippen molar-refractivity contribution in [2.75, 3.05) is 18.0 Å². The Morgan fingerprint density at radius 3 is 2.65 bits per heavy atom. The maximum atomic E-state index is 12.4. The molecule has 0 spiro atoms. The van der Waals surface area contributed by atoms with Gasteiger partial charge in [0.1, 0.15) is 5.82 Å². The molecule has 1 fully saturated rings. The minimum Gasteiger partial charge on any atom is -0.356 e. The average Bonchev–Trinajstić information content (AvgIpc) is 2.28. The number of pyridine rings is 1. The van der Waals surface area contributed by atoms with Crippen molar-refractivity contribution in [3.8, 4) is 0 Å². The molecule has 0 N–H and O–H groups in total. The fraction of sp³-hybridized carbons (Fsp3) is 0.583. The molecular weight excluding hydrogens is 229 g/mol. The van der Waals surface area contributed by atoms with E-state index < -0.39 is 11.7 Å². The lowest BCUT2D eigenvalue weighted by Gasteiger charge is -2.31. The zero-order valence-electron chi connectivity index (χ0n) is 9.67. The van der Waals surface area contributed by atoms with Gasteiger partial charge in [0.2, 0.25) is 0 Å². The van der Waals surface area contributed by atoms with Gasteiger partial charge in [-0.25, -0.2) is 4.98 Å². The summed E-state index contributed by atoms with van der Waals surface area (Å²) < 4.78 is 37.1. The summed E-state index contributed by atoms with van der Waals surface area (Å²) in [5.74, 6) is 1.22. The van der Waals surface area contributed by atoms with Crippen molar-refractivity contribution >= 4 is 5.82 Å². The summed E-state index contributed by atoms with van der Waals surface area (Å²) in [6.45, 7) is 3.90. The molecule has 17 heavy (non-hydrogen) atoms. The van der Waals surface area contributed by atoms with Gasteiger partial charge < -0.3 is 4.90 Å². The van der Waals surface area contributed by atoms with E-state index in [0.717, 1.165) is 31.8 Å². The van der Waals surface area contributed by atoms with Gasteiger partial charge in [0.15, 0.2) is 0 Å². The van der Waals surface area contributed by atoms with Crippen molar-refractivity contribution in [2.45, 2.75) is 25.9 Å². The first-order chi connectivity index (χ1) is 7.97. The molecule has 1 aliphatic heterocycles. The zero-order valence-corrected chi connectivity index (χ0v) is 9.67. The number of hydrogen-bond acceptors (Lipinski definition) is 2. The first-order valence-corrected chi connectivity index (χ1v) is 5.75. The Morgan fingerprint density at radius 2 is 2.12 bits per heavy atom. The number of rotatable bonds is 1. The summed E-state index contributed by atoms with van der Waals surface area (Å²) in [6.07, 6.45) is -1.14. The van der Waals surface area contributed by atoms with Crippen LogP contribution in [0.4, 0.5) is 19.0 Å². The first kappa shape index (κ1) is 12.2. The predicted octanol–water partition coefficient (Wildman–Crippen LogP) is 3.34. The van der Waals surface area contributed by atoms with Gasteiger partial charge in [0.25, 0.3) is 0 Å². The quantitative estimate of drug-likeness (QED) is 0.753. The maximum absolute atomic E-state index is 12.4. The van der Waals surface area contributed by atoms with Gasteiger partial charge >= 0.3 is 6.18 Å². The number of piperidine rings is 1. The summed E-state index contributed by atoms with van der Waals surface area (Å²) in [6, 6.07) is 2.56. The van der Waals surface area contributed by atoms with Crippen LogP contribution < -0.4 is 4.90 Å². The number of nitrogens with zero attached hydrogens (tertiary/aromatic N) is 2. The van der Waals surface area contributed by atoms with Gasteiger partial charge in [-0.15, -0.1) is 0 Å². The van der Waals surface area contributed by atoms with Crippen molar-refractivity contribution in [1.29, 1.82) is 0 Å². The summed E-state index contributed by atoms with van der Waals surface area (Å²) in [7, 11) is 0. The Labute approximate surface area is 98.5 Å². The highest BCUT2D eigenvalue weighted by Crippen LogP contribution is 2.30. The molecule has 0 aromatic carbocycles. The molecule has 5 heteroatoms. The zero-order chi connectivity index (χ0) is 12.5. The van der Waals surface area contributed by atoms with Crippen LogP contribution in [0.15, 0.2) is 18.3 Å². The number of aromatic nitrogens is 1. The maximum Gasteiger partial charge on any atom is 0.417 e. The van der Waals surface area contributed by atoms with Crippen molar-refractivity contribution in [3.05, 3.63) is 23.9 Å². The van der Waals surface area contributed by atoms with Crippen LogP contribution in [0.2, 0.25) is 0 Å². The van der Waals surface area contributed by atoms with Crippen LogP contribution in [-0.2, 0) is 6.18 Å². The third-order valence-electron chi connectivity index (χ3n) is 3.06. The Morgan fingerprint density at radius 1 is 1.35 bits per heavy atom. The Balaban J connectivity index is 2.12. The molecule has 94 valence electrons. The van der Waals surface area contributed by atoms with Gasteiger partial charge in [0, 0.05) is 19.3 Å². The second-order valence-electron chi connectivity index (χ2n) is 4.60. The first-order valence-electron chi connectivity index (χ1n) is 5.75. The van der Waals surface area contributed by atoms with Crippen LogP contribution in [0.5, 0.6) is 0 Å². The molecule has 1 aromatic heterocycles. The molecule has 0 bridgehead atoms. The highest BCUT2D eigenvalue weighted by atomic mass is 19.4. The van der Waals surface area contributed by atoms with Crippen molar-refractivity contribution in [2.24, 2.45) is 5.92 Å². The molecule has 0 unspecified atom stereocenters. The molecule has 1 aliphatic rings. The van der Waals surface area contributed by atoms with E-state index >= 15 is 0 Å². The summed E-state index contributed by atoms with van der Waals surface area (Å²) in [5, 5.41) is 0. The number of alkyl halides is 3. The molecule has 0 amide bonds. The SMILES string of the molecule is C[C@H]1CCCN(c2ccc(C(F)(F)F)cn2)C1. The molecule has 2 nitrogen and oxygen atoms in total. The standard InChI is InChI=1S/C12H15F3N2/c1-9-3-2-6-17(8-9)11-5-4-10(7-16-11)12(13,14)15/h4-5,7,9H,2-3,6,8H2,1H3/t9-/m0/s1. The van der Waals surface area contributed by atoms with Crippen LogP contribution >= 0.6 is 0 Å². The molecule has 1 saturated heterocycles. The van der Waals surface area contributed by atoms with Gasteiger partial charge in [0.05, 0.1) is 5.56 Å². The lowest BCUT2D eigenvalue weighted by atomic mass is 10.0. The van der Waals surface area contributed by atoms with E-state index in [-0.39, 0.29) is 0 Å². The normalized spacial score (nSPS) is 21.6. The fourth-order valence-corrected chi connectivity index (χ4v) is 2.14. The van der Waals surface area contributed by atoms with Crippen molar-refractivity contribution < 1.29 is 13.2 Å². The Kier molecular flexibility index (Phi) is 3.26. The summed E-state index contributed by atoms with van der Waals surface area (Å²) in [5.41, 5.74) is -0.689. The van der Waals surface area contributed by atoms with Gasteiger partial charge in [-0.3, -0.25) is 0 Å². The monoisotopic (exact) mass is 244 g/mol. The molecule has 0 saturated carbocycles. The van der Waals surface area contributed by atoms with E-state index in [0.29, 0.717) is 11.7 Å². The highest BCUT2D eigenvalue weighted by Gasteiger charge is 2.31. The van der Waals surface area contributed by atoms with Gasteiger partial charge in [-0.1, -0.05) is 6.92 Å². The molecular formula is C12H15F3N2. The molecule has 0 aliphatic carbocycles. The average molecular weight is 244 g/mol. The lowest BCUT2D eigenvalue weighted by molar-refractivity contribution is -0.137. The second-order valence-corrected chi connectivity index (χ2v) is 4.60. The van der Waals surface area contributed by atoms with Gasteiger partial charge in [-0.2, -0.15) is 13.2 Å². The van der Waals surface area contributed by atoms with Crippen LogP contribution in [0.3, 0.4) is 0 Å². The second kappa shape index (κ2) is 4.55. The van der Waals surface area contributed by atoms with Crippen LogP contribution in [0.1, 0.15) is 25.3 Å². The molecule has 1 atom stereocenters. The van der Waals surface area contributed by atoms with E-state index in [9.17, 15) is 13.2 Å². The molecule has 2 heterocycles. The van der Waals surface area contributed by atoms with E-state index in [1.54, 1.807) is 0 Å². The molecule has 0 radical (unpaired) electrons. The molecule has 1 aromatic rings. The topological polar surface area (TPSA) is 16.1 Å². The largest absolute Gasteiger partial charge is 0.417 e. The Hall–Kier alpha value is -1.26. The summed E-state index contributed by atoms with van der Waals surface area (Å²) >= 11 is 0. The minimum atomic E-state index is -4.30. The number of anilines is 1. The minimum absolute atomic E-state index is 0.577. The number of hydrogen-bond donors (Lipinski definition) is 0. The van der Waals surface area contributed by atoms with Crippen molar-refractivity contribution in [3.63, 3.8) is 0 Å².